The first-order valence-electron chi connectivity index (χ1n) is 3.67. The Labute approximate surface area is 94.9 Å². The van der Waals surface area contributed by atoms with Crippen molar-refractivity contribution >= 4 is 40.3 Å². The van der Waals surface area contributed by atoms with Crippen molar-refractivity contribution in [1.82, 2.24) is 0 Å². The molecule has 13 heavy (non-hydrogen) atoms. The van der Waals surface area contributed by atoms with Crippen molar-refractivity contribution in [1.29, 1.82) is 0 Å². The first-order valence-corrected chi connectivity index (χ1v) is 5.98. The van der Waals surface area contributed by atoms with Crippen LogP contribution in [-0.2, 0) is 11.2 Å². The summed E-state index contributed by atoms with van der Waals surface area (Å²) in [7, 11) is 0. The van der Waals surface area contributed by atoms with Gasteiger partial charge in [-0.15, -0.1) is 11.8 Å². The van der Waals surface area contributed by atoms with Crippen LogP contribution in [-0.4, -0.2) is 17.3 Å². The van der Waals surface area contributed by atoms with Crippen LogP contribution in [0.2, 0.25) is 0 Å². The first kappa shape index (κ1) is 10.8. The highest BCUT2D eigenvalue weighted by atomic mass is 127. The van der Waals surface area contributed by atoms with Gasteiger partial charge in [-0.25, -0.2) is 0 Å². The van der Waals surface area contributed by atoms with Crippen LogP contribution in [0, 0.1) is 3.57 Å². The maximum absolute atomic E-state index is 10.4. The Morgan fingerprint density at radius 1 is 1.62 bits per heavy atom. The van der Waals surface area contributed by atoms with Crippen molar-refractivity contribution < 1.29 is 9.90 Å². The van der Waals surface area contributed by atoms with Crippen molar-refractivity contribution in [2.75, 3.05) is 6.26 Å². The van der Waals surface area contributed by atoms with Crippen LogP contribution in [0.15, 0.2) is 23.1 Å². The largest absolute Gasteiger partial charge is 0.481 e. The highest BCUT2D eigenvalue weighted by molar-refractivity contribution is 14.1. The monoisotopic (exact) mass is 308 g/mol. The quantitative estimate of drug-likeness (QED) is 0.689. The Bertz CT molecular complexity index is 325. The third-order valence-electron chi connectivity index (χ3n) is 1.57. The van der Waals surface area contributed by atoms with Crippen LogP contribution in [0.3, 0.4) is 0 Å². The van der Waals surface area contributed by atoms with Crippen molar-refractivity contribution in [2.24, 2.45) is 0 Å². The number of carbonyl (C=O) groups is 1. The lowest BCUT2D eigenvalue weighted by Crippen LogP contribution is -2.00. The summed E-state index contributed by atoms with van der Waals surface area (Å²) in [6.45, 7) is 0. The zero-order valence-electron chi connectivity index (χ0n) is 7.08. The smallest absolute Gasteiger partial charge is 0.307 e. The lowest BCUT2D eigenvalue weighted by molar-refractivity contribution is -0.136. The predicted molar refractivity (Wildman–Crippen MR) is 62.3 cm³/mol. The van der Waals surface area contributed by atoms with E-state index < -0.39 is 5.97 Å². The Hall–Kier alpha value is -0.230. The highest BCUT2D eigenvalue weighted by Gasteiger charge is 2.03. The number of halogens is 1. The average Bonchev–Trinajstić information content (AvgIpc) is 2.03. The molecule has 0 aromatic heterocycles. The summed E-state index contributed by atoms with van der Waals surface area (Å²) in [5.74, 6) is -0.785. The fourth-order valence-electron chi connectivity index (χ4n) is 0.994. The van der Waals surface area contributed by atoms with Gasteiger partial charge in [0.1, 0.15) is 0 Å². The van der Waals surface area contributed by atoms with Gasteiger partial charge in [-0.05, 0) is 46.5 Å². The van der Waals surface area contributed by atoms with E-state index in [1.807, 2.05) is 24.5 Å². The number of rotatable bonds is 3. The lowest BCUT2D eigenvalue weighted by atomic mass is 10.2. The molecule has 0 aliphatic carbocycles. The van der Waals surface area contributed by atoms with Gasteiger partial charge >= 0.3 is 5.97 Å². The number of thioether (sulfide) groups is 1. The second-order valence-electron chi connectivity index (χ2n) is 2.54. The molecule has 0 unspecified atom stereocenters. The standard InChI is InChI=1S/C9H9IO2S/c1-13-8-3-2-6(4-7(8)10)5-9(11)12/h2-4H,5H2,1H3,(H,11,12). The predicted octanol–water partition coefficient (Wildman–Crippen LogP) is 2.64. The van der Waals surface area contributed by atoms with Gasteiger partial charge in [0.2, 0.25) is 0 Å². The summed E-state index contributed by atoms with van der Waals surface area (Å²) < 4.78 is 1.11. The molecule has 1 rings (SSSR count). The molecule has 0 aliphatic rings. The Morgan fingerprint density at radius 3 is 2.77 bits per heavy atom. The van der Waals surface area contributed by atoms with E-state index in [2.05, 4.69) is 22.6 Å². The molecular formula is C9H9IO2S. The van der Waals surface area contributed by atoms with E-state index in [9.17, 15) is 4.79 Å². The normalized spacial score (nSPS) is 10.0. The van der Waals surface area contributed by atoms with E-state index in [0.29, 0.717) is 0 Å². The molecule has 0 atom stereocenters. The second-order valence-corrected chi connectivity index (χ2v) is 4.55. The van der Waals surface area contributed by atoms with Gasteiger partial charge in [0.25, 0.3) is 0 Å². The van der Waals surface area contributed by atoms with Crippen molar-refractivity contribution in [3.05, 3.63) is 27.3 Å². The molecule has 0 saturated carbocycles. The molecule has 0 heterocycles. The van der Waals surface area contributed by atoms with E-state index in [0.717, 1.165) is 9.13 Å². The Kier molecular flexibility index (Phi) is 4.05. The van der Waals surface area contributed by atoms with E-state index in [4.69, 9.17) is 5.11 Å². The van der Waals surface area contributed by atoms with Crippen LogP contribution in [0.25, 0.3) is 0 Å². The number of benzene rings is 1. The molecule has 1 aromatic carbocycles. The molecule has 0 saturated heterocycles. The van der Waals surface area contributed by atoms with Gasteiger partial charge in [0.05, 0.1) is 6.42 Å². The van der Waals surface area contributed by atoms with Crippen LogP contribution in [0.5, 0.6) is 0 Å². The molecule has 70 valence electrons. The minimum atomic E-state index is -0.785. The molecule has 0 aliphatic heterocycles. The Balaban J connectivity index is 2.89. The van der Waals surface area contributed by atoms with Crippen LogP contribution >= 0.6 is 34.4 Å². The zero-order valence-corrected chi connectivity index (χ0v) is 10.1. The molecule has 0 spiro atoms. The number of carboxylic acids is 1. The van der Waals surface area contributed by atoms with Gasteiger partial charge in [-0.3, -0.25) is 4.79 Å². The Morgan fingerprint density at radius 2 is 2.31 bits per heavy atom. The lowest BCUT2D eigenvalue weighted by Gasteiger charge is -2.02. The number of aliphatic carboxylic acids is 1. The molecule has 2 nitrogen and oxygen atoms in total. The van der Waals surface area contributed by atoms with Crippen molar-refractivity contribution in [3.8, 4) is 0 Å². The number of hydrogen-bond donors (Lipinski definition) is 1. The van der Waals surface area contributed by atoms with E-state index >= 15 is 0 Å². The summed E-state index contributed by atoms with van der Waals surface area (Å²) >= 11 is 3.89. The van der Waals surface area contributed by atoms with Crippen molar-refractivity contribution in [2.45, 2.75) is 11.3 Å². The average molecular weight is 308 g/mol. The summed E-state index contributed by atoms with van der Waals surface area (Å²) in [5, 5.41) is 8.58. The fraction of sp³-hybridized carbons (Fsp3) is 0.222. The van der Waals surface area contributed by atoms with Gasteiger partial charge in [0.15, 0.2) is 0 Å². The maximum atomic E-state index is 10.4. The van der Waals surface area contributed by atoms with Gasteiger partial charge in [0, 0.05) is 8.47 Å². The third kappa shape index (κ3) is 3.19. The topological polar surface area (TPSA) is 37.3 Å². The molecule has 0 fully saturated rings. The van der Waals surface area contributed by atoms with Crippen LogP contribution in [0.4, 0.5) is 0 Å². The summed E-state index contributed by atoms with van der Waals surface area (Å²) in [6, 6.07) is 5.74. The fourth-order valence-corrected chi connectivity index (χ4v) is 2.69. The van der Waals surface area contributed by atoms with Gasteiger partial charge in [-0.2, -0.15) is 0 Å². The van der Waals surface area contributed by atoms with E-state index in [1.165, 1.54) is 4.90 Å². The third-order valence-corrected chi connectivity index (χ3v) is 3.63. The van der Waals surface area contributed by atoms with E-state index in [1.54, 1.807) is 11.8 Å². The summed E-state index contributed by atoms with van der Waals surface area (Å²) in [5.41, 5.74) is 0.856. The maximum Gasteiger partial charge on any atom is 0.307 e. The van der Waals surface area contributed by atoms with Gasteiger partial charge < -0.3 is 5.11 Å². The second kappa shape index (κ2) is 4.85. The van der Waals surface area contributed by atoms with Crippen molar-refractivity contribution in [3.63, 3.8) is 0 Å². The van der Waals surface area contributed by atoms with Gasteiger partial charge in [-0.1, -0.05) is 6.07 Å². The molecule has 1 N–H and O–H groups in total. The van der Waals surface area contributed by atoms with E-state index in [-0.39, 0.29) is 6.42 Å². The summed E-state index contributed by atoms with van der Waals surface area (Å²) in [4.78, 5) is 11.6. The number of hydrogen-bond acceptors (Lipinski definition) is 2. The highest BCUT2D eigenvalue weighted by Crippen LogP contribution is 2.23. The van der Waals surface area contributed by atoms with Crippen LogP contribution < -0.4 is 0 Å². The molecule has 0 radical (unpaired) electrons. The minimum Gasteiger partial charge on any atom is -0.481 e. The molecule has 0 amide bonds. The molecule has 4 heteroatoms. The minimum absolute atomic E-state index is 0.102. The van der Waals surface area contributed by atoms with Crippen LogP contribution in [0.1, 0.15) is 5.56 Å². The molecular weight excluding hydrogens is 299 g/mol. The zero-order chi connectivity index (χ0) is 9.84. The SMILES string of the molecule is CSc1ccc(CC(=O)O)cc1I. The molecule has 1 aromatic rings. The molecule has 0 bridgehead atoms. The number of carboxylic acid groups (broad SMARTS) is 1. The summed E-state index contributed by atoms with van der Waals surface area (Å²) in [6.07, 6.45) is 2.11. The first-order chi connectivity index (χ1) is 6.13.